The largest absolute Gasteiger partial charge is 0.480 e. The second-order valence-corrected chi connectivity index (χ2v) is 3.70. The van der Waals surface area contributed by atoms with E-state index in [0.29, 0.717) is 13.0 Å². The van der Waals surface area contributed by atoms with Crippen molar-refractivity contribution in [2.45, 2.75) is 45.8 Å². The summed E-state index contributed by atoms with van der Waals surface area (Å²) in [6.45, 7) is 5.34. The van der Waals surface area contributed by atoms with Crippen LogP contribution in [-0.4, -0.2) is 26.9 Å². The Morgan fingerprint density at radius 3 is 2.94 bits per heavy atom. The van der Waals surface area contributed by atoms with Crippen LogP contribution in [0, 0.1) is 0 Å². The molecule has 0 aliphatic heterocycles. The van der Waals surface area contributed by atoms with Gasteiger partial charge in [0.25, 0.3) is 0 Å². The van der Waals surface area contributed by atoms with Gasteiger partial charge in [0.1, 0.15) is 6.04 Å². The monoisotopic (exact) mass is 225 g/mol. The molecular weight excluding hydrogens is 206 g/mol. The average molecular weight is 225 g/mol. The maximum absolute atomic E-state index is 10.9. The topological polar surface area (TPSA) is 67.2 Å². The summed E-state index contributed by atoms with van der Waals surface area (Å²) in [5.41, 5.74) is 1.02. The van der Waals surface area contributed by atoms with Gasteiger partial charge in [0.05, 0.1) is 5.69 Å². The predicted octanol–water partition coefficient (Wildman–Crippen LogP) is 1.25. The molecule has 2 N–H and O–H groups in total. The molecular formula is C11H19N3O2. The molecule has 1 unspecified atom stereocenters. The van der Waals surface area contributed by atoms with E-state index in [0.717, 1.165) is 18.7 Å². The van der Waals surface area contributed by atoms with Gasteiger partial charge in [0.2, 0.25) is 0 Å². The molecule has 16 heavy (non-hydrogen) atoms. The predicted molar refractivity (Wildman–Crippen MR) is 61.1 cm³/mol. The molecule has 5 heteroatoms. The zero-order chi connectivity index (χ0) is 12.0. The van der Waals surface area contributed by atoms with Crippen molar-refractivity contribution >= 4 is 5.97 Å². The van der Waals surface area contributed by atoms with E-state index < -0.39 is 12.0 Å². The number of aryl methyl sites for hydroxylation is 1. The van der Waals surface area contributed by atoms with Crippen molar-refractivity contribution in [1.82, 2.24) is 15.1 Å². The maximum atomic E-state index is 10.9. The number of nitrogens with one attached hydrogen (secondary N) is 1. The van der Waals surface area contributed by atoms with E-state index in [4.69, 9.17) is 5.11 Å². The van der Waals surface area contributed by atoms with Crippen molar-refractivity contribution in [2.75, 3.05) is 0 Å². The zero-order valence-corrected chi connectivity index (χ0v) is 9.81. The maximum Gasteiger partial charge on any atom is 0.320 e. The van der Waals surface area contributed by atoms with E-state index in [9.17, 15) is 4.79 Å². The Balaban J connectivity index is 2.51. The molecule has 90 valence electrons. The fourth-order valence-electron chi connectivity index (χ4n) is 1.62. The van der Waals surface area contributed by atoms with Crippen LogP contribution in [0.4, 0.5) is 0 Å². The molecule has 1 rings (SSSR count). The first-order chi connectivity index (χ1) is 7.69. The molecule has 0 saturated heterocycles. The van der Waals surface area contributed by atoms with Gasteiger partial charge in [0, 0.05) is 19.3 Å². The molecule has 1 aromatic heterocycles. The second kappa shape index (κ2) is 6.27. The number of carboxylic acid groups (broad SMARTS) is 1. The van der Waals surface area contributed by atoms with E-state index in [1.807, 2.05) is 24.6 Å². The lowest BCUT2D eigenvalue weighted by Crippen LogP contribution is -2.36. The van der Waals surface area contributed by atoms with Crippen molar-refractivity contribution in [3.05, 3.63) is 18.0 Å². The van der Waals surface area contributed by atoms with Crippen LogP contribution in [0.15, 0.2) is 12.3 Å². The number of carbonyl (C=O) groups is 1. The summed E-state index contributed by atoms with van der Waals surface area (Å²) in [4.78, 5) is 10.9. The molecule has 5 nitrogen and oxygen atoms in total. The first-order valence-electron chi connectivity index (χ1n) is 5.65. The van der Waals surface area contributed by atoms with Crippen LogP contribution in [0.2, 0.25) is 0 Å². The van der Waals surface area contributed by atoms with Gasteiger partial charge in [-0.25, -0.2) is 0 Å². The van der Waals surface area contributed by atoms with E-state index in [1.54, 1.807) is 6.20 Å². The van der Waals surface area contributed by atoms with Crippen molar-refractivity contribution in [1.29, 1.82) is 0 Å². The minimum atomic E-state index is -0.788. The van der Waals surface area contributed by atoms with E-state index in [1.165, 1.54) is 0 Å². The lowest BCUT2D eigenvalue weighted by atomic mass is 10.1. The van der Waals surface area contributed by atoms with Crippen LogP contribution < -0.4 is 5.32 Å². The molecule has 0 saturated carbocycles. The standard InChI is InChI=1S/C11H19N3O2/c1-3-5-10(11(15)16)12-8-9-6-7-13-14(9)4-2/h6-7,10,12H,3-5,8H2,1-2H3,(H,15,16). The number of rotatable bonds is 7. The van der Waals surface area contributed by atoms with Crippen LogP contribution in [0.5, 0.6) is 0 Å². The van der Waals surface area contributed by atoms with Crippen LogP contribution in [0.3, 0.4) is 0 Å². The molecule has 0 amide bonds. The summed E-state index contributed by atoms with van der Waals surface area (Å²) in [6, 6.07) is 1.44. The highest BCUT2D eigenvalue weighted by Gasteiger charge is 2.15. The highest BCUT2D eigenvalue weighted by atomic mass is 16.4. The van der Waals surface area contributed by atoms with Gasteiger partial charge in [-0.2, -0.15) is 5.10 Å². The van der Waals surface area contributed by atoms with Crippen LogP contribution in [-0.2, 0) is 17.9 Å². The molecule has 1 heterocycles. The van der Waals surface area contributed by atoms with Gasteiger partial charge in [-0.05, 0) is 19.4 Å². The Morgan fingerprint density at radius 1 is 1.62 bits per heavy atom. The fraction of sp³-hybridized carbons (Fsp3) is 0.636. The first-order valence-corrected chi connectivity index (χ1v) is 5.65. The van der Waals surface area contributed by atoms with Crippen molar-refractivity contribution in [3.63, 3.8) is 0 Å². The molecule has 1 atom stereocenters. The Labute approximate surface area is 95.5 Å². The molecule has 1 aromatic rings. The van der Waals surface area contributed by atoms with E-state index in [2.05, 4.69) is 10.4 Å². The molecule has 0 aliphatic rings. The quantitative estimate of drug-likeness (QED) is 0.732. The van der Waals surface area contributed by atoms with Crippen molar-refractivity contribution in [2.24, 2.45) is 0 Å². The normalized spacial score (nSPS) is 12.6. The molecule has 0 fully saturated rings. The van der Waals surface area contributed by atoms with Crippen LogP contribution in [0.25, 0.3) is 0 Å². The summed E-state index contributed by atoms with van der Waals surface area (Å²) >= 11 is 0. The molecule has 0 bridgehead atoms. The Kier molecular flexibility index (Phi) is 4.98. The summed E-state index contributed by atoms with van der Waals surface area (Å²) in [6.07, 6.45) is 3.24. The number of hydrogen-bond acceptors (Lipinski definition) is 3. The lowest BCUT2D eigenvalue weighted by Gasteiger charge is -2.13. The summed E-state index contributed by atoms with van der Waals surface area (Å²) < 4.78 is 1.86. The molecule has 0 aliphatic carbocycles. The summed E-state index contributed by atoms with van der Waals surface area (Å²) in [7, 11) is 0. The van der Waals surface area contributed by atoms with Crippen LogP contribution in [0.1, 0.15) is 32.4 Å². The smallest absolute Gasteiger partial charge is 0.320 e. The third kappa shape index (κ3) is 3.34. The van der Waals surface area contributed by atoms with Crippen molar-refractivity contribution < 1.29 is 9.90 Å². The summed E-state index contributed by atoms with van der Waals surface area (Å²) in [5, 5.41) is 16.1. The van der Waals surface area contributed by atoms with Crippen LogP contribution >= 0.6 is 0 Å². The van der Waals surface area contributed by atoms with Gasteiger partial charge in [-0.15, -0.1) is 0 Å². The van der Waals surface area contributed by atoms with Gasteiger partial charge < -0.3 is 5.11 Å². The number of aromatic nitrogens is 2. The van der Waals surface area contributed by atoms with Gasteiger partial charge >= 0.3 is 5.97 Å². The number of hydrogen-bond donors (Lipinski definition) is 2. The van der Waals surface area contributed by atoms with Gasteiger partial charge in [0.15, 0.2) is 0 Å². The third-order valence-electron chi connectivity index (χ3n) is 2.51. The van der Waals surface area contributed by atoms with E-state index >= 15 is 0 Å². The Hall–Kier alpha value is -1.36. The molecule has 0 spiro atoms. The van der Waals surface area contributed by atoms with Crippen molar-refractivity contribution in [3.8, 4) is 0 Å². The first kappa shape index (κ1) is 12.7. The molecule has 0 radical (unpaired) electrons. The number of aliphatic carboxylic acids is 1. The molecule has 0 aromatic carbocycles. The SMILES string of the molecule is CCCC(NCc1ccnn1CC)C(=O)O. The Morgan fingerprint density at radius 2 is 2.38 bits per heavy atom. The Bertz CT molecular complexity index is 336. The highest BCUT2D eigenvalue weighted by molar-refractivity contribution is 5.73. The summed E-state index contributed by atoms with van der Waals surface area (Å²) in [5.74, 6) is -0.788. The third-order valence-corrected chi connectivity index (χ3v) is 2.51. The highest BCUT2D eigenvalue weighted by Crippen LogP contribution is 2.02. The average Bonchev–Trinajstić information content (AvgIpc) is 2.71. The number of carboxylic acids is 1. The minimum absolute atomic E-state index is 0.467. The van der Waals surface area contributed by atoms with E-state index in [-0.39, 0.29) is 0 Å². The lowest BCUT2D eigenvalue weighted by molar-refractivity contribution is -0.139. The van der Waals surface area contributed by atoms with Gasteiger partial charge in [-0.3, -0.25) is 14.8 Å². The second-order valence-electron chi connectivity index (χ2n) is 3.70. The fourth-order valence-corrected chi connectivity index (χ4v) is 1.62. The zero-order valence-electron chi connectivity index (χ0n) is 9.81. The number of nitrogens with zero attached hydrogens (tertiary/aromatic N) is 2. The van der Waals surface area contributed by atoms with Gasteiger partial charge in [-0.1, -0.05) is 13.3 Å². The minimum Gasteiger partial charge on any atom is -0.480 e.